The molecular formula is C30H26N4O8. The maximum atomic E-state index is 13.1. The third-order valence-corrected chi connectivity index (χ3v) is 7.64. The van der Waals surface area contributed by atoms with Gasteiger partial charge in [-0.15, -0.1) is 0 Å². The number of imide groups is 2. The largest absolute Gasteiger partial charge is 0.454 e. The lowest BCUT2D eigenvalue weighted by molar-refractivity contribution is -0.123. The van der Waals surface area contributed by atoms with Gasteiger partial charge in [-0.2, -0.15) is 0 Å². The van der Waals surface area contributed by atoms with Crippen LogP contribution in [0.2, 0.25) is 0 Å². The summed E-state index contributed by atoms with van der Waals surface area (Å²) in [5.41, 5.74) is 2.53. The molecule has 0 radical (unpaired) electrons. The lowest BCUT2D eigenvalue weighted by atomic mass is 10.1. The highest BCUT2D eigenvalue weighted by molar-refractivity contribution is 6.24. The predicted octanol–water partition coefficient (Wildman–Crippen LogP) is 1.99. The molecule has 4 amide bonds. The summed E-state index contributed by atoms with van der Waals surface area (Å²) in [6.45, 7) is 1.09. The zero-order valence-corrected chi connectivity index (χ0v) is 22.3. The van der Waals surface area contributed by atoms with Crippen molar-refractivity contribution in [3.05, 3.63) is 71.8 Å². The molecule has 42 heavy (non-hydrogen) atoms. The number of fused-ring (bicyclic) bond motifs is 2. The summed E-state index contributed by atoms with van der Waals surface area (Å²) in [6.07, 6.45) is 0.0376. The van der Waals surface area contributed by atoms with Crippen LogP contribution in [0.4, 0.5) is 11.4 Å². The fraction of sp³-hybridized carbons (Fsp3) is 0.267. The average Bonchev–Trinajstić information content (AvgIpc) is 3.77. The number of carbonyl (C=O) groups is 4. The van der Waals surface area contributed by atoms with Crippen LogP contribution >= 0.6 is 0 Å². The molecular weight excluding hydrogens is 544 g/mol. The molecule has 2 saturated heterocycles. The first-order valence-corrected chi connectivity index (χ1v) is 13.5. The number of hydrogen-bond acceptors (Lipinski definition) is 10. The highest BCUT2D eigenvalue weighted by atomic mass is 16.7. The van der Waals surface area contributed by atoms with Crippen molar-refractivity contribution in [3.8, 4) is 23.0 Å². The van der Waals surface area contributed by atoms with Gasteiger partial charge in [-0.25, -0.2) is 9.80 Å². The second-order valence-corrected chi connectivity index (χ2v) is 10.3. The van der Waals surface area contributed by atoms with Crippen LogP contribution in [0.5, 0.6) is 23.0 Å². The molecule has 0 bridgehead atoms. The molecule has 4 aliphatic rings. The van der Waals surface area contributed by atoms with E-state index in [1.165, 1.54) is 0 Å². The van der Waals surface area contributed by atoms with E-state index in [4.69, 9.17) is 18.9 Å². The first kappa shape index (κ1) is 26.0. The Balaban J connectivity index is 0.975. The van der Waals surface area contributed by atoms with Gasteiger partial charge < -0.3 is 29.6 Å². The molecule has 4 heterocycles. The molecule has 214 valence electrons. The fourth-order valence-electron chi connectivity index (χ4n) is 5.46. The van der Waals surface area contributed by atoms with Crippen molar-refractivity contribution in [1.82, 2.24) is 10.6 Å². The van der Waals surface area contributed by atoms with E-state index in [9.17, 15) is 19.2 Å². The number of hydrogen-bond donors (Lipinski definition) is 2. The quantitative estimate of drug-likeness (QED) is 0.387. The van der Waals surface area contributed by atoms with E-state index in [-0.39, 0.29) is 50.1 Å². The Morgan fingerprint density at radius 3 is 1.40 bits per heavy atom. The first-order chi connectivity index (χ1) is 20.4. The molecule has 12 nitrogen and oxygen atoms in total. The van der Waals surface area contributed by atoms with Crippen molar-refractivity contribution in [2.75, 3.05) is 23.4 Å². The molecule has 3 aromatic rings. The Morgan fingerprint density at radius 2 is 0.976 bits per heavy atom. The molecule has 3 aromatic carbocycles. The minimum Gasteiger partial charge on any atom is -0.454 e. The van der Waals surface area contributed by atoms with Crippen LogP contribution < -0.4 is 39.4 Å². The summed E-state index contributed by atoms with van der Waals surface area (Å²) in [7, 11) is 0. The van der Waals surface area contributed by atoms with E-state index >= 15 is 0 Å². The molecule has 0 spiro atoms. The summed E-state index contributed by atoms with van der Waals surface area (Å²) in [5.74, 6) is 1.23. The highest BCUT2D eigenvalue weighted by Crippen LogP contribution is 2.34. The molecule has 2 N–H and O–H groups in total. The number of nitrogens with zero attached hydrogens (tertiary/aromatic N) is 2. The standard InChI is InChI=1S/C30H26N4O8/c35-27-11-21(31-13-17-1-7-23-25(9-17)41-15-39-23)29(37)33(27)19-3-5-20(6-4-19)34-28(36)12-22(30(34)38)32-14-18-2-8-24-26(10-18)42-16-40-24/h1-10,21-22,31-32H,11-16H2. The number of ether oxygens (including phenoxy) is 4. The summed E-state index contributed by atoms with van der Waals surface area (Å²) >= 11 is 0. The predicted molar refractivity (Wildman–Crippen MR) is 147 cm³/mol. The lowest BCUT2D eigenvalue weighted by Crippen LogP contribution is -2.39. The van der Waals surface area contributed by atoms with E-state index in [0.29, 0.717) is 47.5 Å². The smallest absolute Gasteiger partial charge is 0.251 e. The molecule has 2 atom stereocenters. The molecule has 2 unspecified atom stereocenters. The number of rotatable bonds is 8. The number of nitrogens with one attached hydrogen (secondary N) is 2. The van der Waals surface area contributed by atoms with Crippen molar-refractivity contribution in [1.29, 1.82) is 0 Å². The molecule has 0 saturated carbocycles. The monoisotopic (exact) mass is 570 g/mol. The zero-order valence-electron chi connectivity index (χ0n) is 22.3. The van der Waals surface area contributed by atoms with Gasteiger partial charge in [0.25, 0.3) is 11.8 Å². The molecule has 0 aromatic heterocycles. The zero-order chi connectivity index (χ0) is 28.8. The van der Waals surface area contributed by atoms with Gasteiger partial charge in [0, 0.05) is 13.1 Å². The SMILES string of the molecule is O=C1CC(NCc2ccc3c(c2)OCO3)C(=O)N1c1ccc(N2C(=O)CC(NCc3ccc4c(c3)OCO4)C2=O)cc1. The highest BCUT2D eigenvalue weighted by Gasteiger charge is 2.41. The summed E-state index contributed by atoms with van der Waals surface area (Å²) in [4.78, 5) is 54.1. The first-order valence-electron chi connectivity index (χ1n) is 13.5. The van der Waals surface area contributed by atoms with Gasteiger partial charge in [0.05, 0.1) is 36.3 Å². The Hall–Kier alpha value is -4.94. The average molecular weight is 571 g/mol. The van der Waals surface area contributed by atoms with Gasteiger partial charge in [-0.1, -0.05) is 12.1 Å². The van der Waals surface area contributed by atoms with E-state index in [0.717, 1.165) is 20.9 Å². The van der Waals surface area contributed by atoms with Crippen molar-refractivity contribution < 1.29 is 38.1 Å². The Labute approximate surface area is 240 Å². The van der Waals surface area contributed by atoms with Crippen LogP contribution in [0.3, 0.4) is 0 Å². The Morgan fingerprint density at radius 1 is 0.571 bits per heavy atom. The van der Waals surface area contributed by atoms with E-state index in [2.05, 4.69) is 10.6 Å². The van der Waals surface area contributed by atoms with Gasteiger partial charge >= 0.3 is 0 Å². The molecule has 7 rings (SSSR count). The summed E-state index contributed by atoms with van der Waals surface area (Å²) < 4.78 is 21.4. The van der Waals surface area contributed by atoms with Crippen molar-refractivity contribution in [2.45, 2.75) is 38.0 Å². The molecule has 12 heteroatoms. The van der Waals surface area contributed by atoms with Crippen molar-refractivity contribution >= 4 is 35.0 Å². The molecule has 0 aliphatic carbocycles. The van der Waals surface area contributed by atoms with Crippen LogP contribution in [0.1, 0.15) is 24.0 Å². The van der Waals surface area contributed by atoms with Crippen LogP contribution in [0.25, 0.3) is 0 Å². The van der Waals surface area contributed by atoms with Gasteiger partial charge in [0.2, 0.25) is 25.4 Å². The normalized spacial score (nSPS) is 20.8. The summed E-state index contributed by atoms with van der Waals surface area (Å²) in [6, 6.07) is 16.0. The van der Waals surface area contributed by atoms with Gasteiger partial charge in [0.1, 0.15) is 0 Å². The number of benzene rings is 3. The van der Waals surface area contributed by atoms with Crippen molar-refractivity contribution in [3.63, 3.8) is 0 Å². The Bertz CT molecular complexity index is 1490. The number of carbonyl (C=O) groups excluding carboxylic acids is 4. The lowest BCUT2D eigenvalue weighted by Gasteiger charge is -2.19. The second kappa shape index (κ2) is 10.5. The van der Waals surface area contributed by atoms with Crippen LogP contribution in [0, 0.1) is 0 Å². The van der Waals surface area contributed by atoms with E-state index < -0.39 is 12.1 Å². The maximum Gasteiger partial charge on any atom is 0.251 e. The Kier molecular flexibility index (Phi) is 6.48. The number of anilines is 2. The van der Waals surface area contributed by atoms with E-state index in [1.54, 1.807) is 24.3 Å². The second-order valence-electron chi connectivity index (χ2n) is 10.3. The summed E-state index contributed by atoms with van der Waals surface area (Å²) in [5, 5.41) is 6.30. The number of amides is 4. The minimum absolute atomic E-state index is 0.0188. The minimum atomic E-state index is -0.680. The van der Waals surface area contributed by atoms with Crippen LogP contribution in [-0.2, 0) is 32.3 Å². The van der Waals surface area contributed by atoms with Crippen molar-refractivity contribution in [2.24, 2.45) is 0 Å². The molecule has 4 aliphatic heterocycles. The van der Waals surface area contributed by atoms with Gasteiger partial charge in [0.15, 0.2) is 23.0 Å². The van der Waals surface area contributed by atoms with Gasteiger partial charge in [-0.05, 0) is 59.7 Å². The topological polar surface area (TPSA) is 136 Å². The third kappa shape index (κ3) is 4.70. The fourth-order valence-corrected chi connectivity index (χ4v) is 5.46. The molecule has 2 fully saturated rings. The third-order valence-electron chi connectivity index (χ3n) is 7.64. The van der Waals surface area contributed by atoms with Crippen LogP contribution in [-0.4, -0.2) is 49.3 Å². The van der Waals surface area contributed by atoms with Crippen LogP contribution in [0.15, 0.2) is 60.7 Å². The van der Waals surface area contributed by atoms with Gasteiger partial charge in [-0.3, -0.25) is 19.2 Å². The maximum absolute atomic E-state index is 13.1. The van der Waals surface area contributed by atoms with E-state index in [1.807, 2.05) is 36.4 Å².